The number of hydrogen-bond donors (Lipinski definition) is 2. The van der Waals surface area contributed by atoms with Crippen molar-refractivity contribution in [2.45, 2.75) is 12.6 Å². The lowest BCUT2D eigenvalue weighted by molar-refractivity contribution is -0.132. The van der Waals surface area contributed by atoms with Gasteiger partial charge in [0.15, 0.2) is 0 Å². The Morgan fingerprint density at radius 1 is 1.38 bits per heavy atom. The van der Waals surface area contributed by atoms with Gasteiger partial charge in [-0.15, -0.1) is 0 Å². The number of hydrogen-bond acceptors (Lipinski definition) is 2. The smallest absolute Gasteiger partial charge is 0.352 e. The van der Waals surface area contributed by atoms with Crippen molar-refractivity contribution in [2.24, 2.45) is 0 Å². The van der Waals surface area contributed by atoms with Crippen molar-refractivity contribution in [1.29, 1.82) is 0 Å². The van der Waals surface area contributed by atoms with E-state index < -0.39 is 25.0 Å². The Kier molecular flexibility index (Phi) is 3.70. The molecule has 1 heterocycles. The molecule has 7 heteroatoms. The molecule has 2 N–H and O–H groups in total. The summed E-state index contributed by atoms with van der Waals surface area (Å²) in [6.45, 7) is -0.485. The first-order valence-corrected chi connectivity index (χ1v) is 4.42. The largest absolute Gasteiger partial charge is 0.390 e. The average Bonchev–Trinajstić information content (AvgIpc) is 2.16. The molecule has 1 aromatic heterocycles. The van der Waals surface area contributed by atoms with Gasteiger partial charge in [0.1, 0.15) is 0 Å². The fourth-order valence-corrected chi connectivity index (χ4v) is 0.972. The van der Waals surface area contributed by atoms with Crippen LogP contribution < -0.4 is 10.9 Å². The van der Waals surface area contributed by atoms with Crippen LogP contribution in [0.4, 0.5) is 13.2 Å². The summed E-state index contributed by atoms with van der Waals surface area (Å²) in [5.41, 5.74) is -0.270. The third-order valence-electron chi connectivity index (χ3n) is 1.74. The zero-order chi connectivity index (χ0) is 12.2. The summed E-state index contributed by atoms with van der Waals surface area (Å²) in [6.07, 6.45) is -4.23. The van der Waals surface area contributed by atoms with Crippen LogP contribution in [0.3, 0.4) is 0 Å². The minimum absolute atomic E-state index is 0.113. The van der Waals surface area contributed by atoms with Crippen LogP contribution in [-0.2, 0) is 0 Å². The van der Waals surface area contributed by atoms with Crippen LogP contribution in [-0.4, -0.2) is 23.6 Å². The van der Waals surface area contributed by atoms with Gasteiger partial charge in [-0.05, 0) is 6.07 Å². The molecule has 0 saturated heterocycles. The number of H-pyrrole nitrogens is 1. The van der Waals surface area contributed by atoms with Crippen molar-refractivity contribution in [1.82, 2.24) is 10.3 Å². The van der Waals surface area contributed by atoms with Crippen LogP contribution in [0, 0.1) is 0 Å². The number of amides is 1. The summed E-state index contributed by atoms with van der Waals surface area (Å²) in [6, 6.07) is 2.36. The Bertz CT molecular complexity index is 405. The maximum atomic E-state index is 11.8. The van der Waals surface area contributed by atoms with E-state index in [1.54, 1.807) is 0 Å². The number of aromatic amines is 1. The van der Waals surface area contributed by atoms with E-state index in [0.717, 1.165) is 12.3 Å². The van der Waals surface area contributed by atoms with Gasteiger partial charge in [-0.2, -0.15) is 13.2 Å². The second kappa shape index (κ2) is 4.82. The first kappa shape index (κ1) is 12.3. The molecule has 0 saturated carbocycles. The van der Waals surface area contributed by atoms with E-state index in [-0.39, 0.29) is 11.1 Å². The zero-order valence-electron chi connectivity index (χ0n) is 8.10. The first-order chi connectivity index (χ1) is 7.38. The Balaban J connectivity index is 2.47. The highest BCUT2D eigenvalue weighted by Gasteiger charge is 2.26. The number of carbonyl (C=O) groups excluding carboxylic acids is 1. The second-order valence-electron chi connectivity index (χ2n) is 3.06. The van der Waals surface area contributed by atoms with Crippen LogP contribution in [0.1, 0.15) is 16.8 Å². The summed E-state index contributed by atoms with van der Waals surface area (Å²) in [4.78, 5) is 24.1. The molecule has 4 nitrogen and oxygen atoms in total. The molecule has 0 aliphatic carbocycles. The van der Waals surface area contributed by atoms with Crippen LogP contribution >= 0.6 is 0 Å². The Hall–Kier alpha value is -1.79. The van der Waals surface area contributed by atoms with Gasteiger partial charge in [-0.3, -0.25) is 9.59 Å². The fourth-order valence-electron chi connectivity index (χ4n) is 0.972. The summed E-state index contributed by atoms with van der Waals surface area (Å²) in [7, 11) is 0. The van der Waals surface area contributed by atoms with Gasteiger partial charge in [0.05, 0.1) is 12.0 Å². The minimum atomic E-state index is -4.29. The van der Waals surface area contributed by atoms with Gasteiger partial charge in [0.2, 0.25) is 5.56 Å². The number of rotatable bonds is 3. The molecule has 16 heavy (non-hydrogen) atoms. The van der Waals surface area contributed by atoms with Crippen molar-refractivity contribution in [2.75, 3.05) is 6.54 Å². The number of pyridine rings is 1. The Morgan fingerprint density at radius 2 is 2.06 bits per heavy atom. The topological polar surface area (TPSA) is 62.0 Å². The highest BCUT2D eigenvalue weighted by molar-refractivity contribution is 5.93. The molecule has 0 radical (unpaired) electrons. The highest BCUT2D eigenvalue weighted by atomic mass is 19.4. The van der Waals surface area contributed by atoms with E-state index in [0.29, 0.717) is 0 Å². The van der Waals surface area contributed by atoms with E-state index in [1.807, 2.05) is 0 Å². The van der Waals surface area contributed by atoms with Gasteiger partial charge in [0, 0.05) is 18.8 Å². The lowest BCUT2D eigenvalue weighted by atomic mass is 10.2. The van der Waals surface area contributed by atoms with E-state index in [4.69, 9.17) is 0 Å². The number of halogens is 3. The van der Waals surface area contributed by atoms with Gasteiger partial charge in [-0.1, -0.05) is 0 Å². The zero-order valence-corrected chi connectivity index (χ0v) is 8.10. The van der Waals surface area contributed by atoms with Crippen molar-refractivity contribution in [3.63, 3.8) is 0 Å². The van der Waals surface area contributed by atoms with Gasteiger partial charge in [0.25, 0.3) is 5.91 Å². The van der Waals surface area contributed by atoms with E-state index >= 15 is 0 Å². The fraction of sp³-hybridized carbons (Fsp3) is 0.333. The molecule has 0 fully saturated rings. The van der Waals surface area contributed by atoms with Crippen molar-refractivity contribution >= 4 is 5.91 Å². The molecular formula is C9H9F3N2O2. The summed E-state index contributed by atoms with van der Waals surface area (Å²) < 4.78 is 35.3. The number of aromatic nitrogens is 1. The quantitative estimate of drug-likeness (QED) is 0.821. The predicted molar refractivity (Wildman–Crippen MR) is 50.1 cm³/mol. The number of nitrogens with one attached hydrogen (secondary N) is 2. The van der Waals surface area contributed by atoms with E-state index in [1.165, 1.54) is 6.07 Å². The maximum absolute atomic E-state index is 11.8. The van der Waals surface area contributed by atoms with Crippen LogP contribution in [0.25, 0.3) is 0 Å². The SMILES string of the molecule is O=C(NCCC(F)(F)F)c1ccc(=O)[nH]c1. The van der Waals surface area contributed by atoms with Crippen molar-refractivity contribution < 1.29 is 18.0 Å². The van der Waals surface area contributed by atoms with E-state index in [2.05, 4.69) is 10.3 Å². The lowest BCUT2D eigenvalue weighted by Gasteiger charge is -2.07. The molecule has 0 atom stereocenters. The summed E-state index contributed by atoms with van der Waals surface area (Å²) >= 11 is 0. The first-order valence-electron chi connectivity index (χ1n) is 4.42. The molecule has 1 amide bonds. The molecule has 0 aromatic carbocycles. The van der Waals surface area contributed by atoms with Crippen LogP contribution in [0.2, 0.25) is 0 Å². The Morgan fingerprint density at radius 3 is 2.56 bits per heavy atom. The molecule has 1 aromatic rings. The summed E-state index contributed by atoms with van der Waals surface area (Å²) in [5.74, 6) is -0.652. The minimum Gasteiger partial charge on any atom is -0.352 e. The molecule has 0 aliphatic heterocycles. The highest BCUT2D eigenvalue weighted by Crippen LogP contribution is 2.18. The molecule has 1 rings (SSSR count). The molecular weight excluding hydrogens is 225 g/mol. The van der Waals surface area contributed by atoms with Crippen molar-refractivity contribution in [3.05, 3.63) is 34.2 Å². The van der Waals surface area contributed by atoms with Gasteiger partial charge >= 0.3 is 6.18 Å². The predicted octanol–water partition coefficient (Wildman–Crippen LogP) is 1.06. The monoisotopic (exact) mass is 234 g/mol. The van der Waals surface area contributed by atoms with Gasteiger partial charge < -0.3 is 10.3 Å². The van der Waals surface area contributed by atoms with E-state index in [9.17, 15) is 22.8 Å². The number of alkyl halides is 3. The van der Waals surface area contributed by atoms with Crippen LogP contribution in [0.15, 0.2) is 23.1 Å². The van der Waals surface area contributed by atoms with Crippen molar-refractivity contribution in [3.8, 4) is 0 Å². The third kappa shape index (κ3) is 4.16. The van der Waals surface area contributed by atoms with Gasteiger partial charge in [-0.25, -0.2) is 0 Å². The molecule has 88 valence electrons. The normalized spacial score (nSPS) is 11.2. The number of carbonyl (C=O) groups is 1. The Labute approximate surface area is 88.5 Å². The third-order valence-corrected chi connectivity index (χ3v) is 1.74. The molecule has 0 unspecified atom stereocenters. The molecule has 0 spiro atoms. The molecule has 0 aliphatic rings. The maximum Gasteiger partial charge on any atom is 0.390 e. The summed E-state index contributed by atoms with van der Waals surface area (Å²) in [5, 5.41) is 2.09. The lowest BCUT2D eigenvalue weighted by Crippen LogP contribution is -2.28. The standard InChI is InChI=1S/C9H9F3N2O2/c10-9(11,12)3-4-13-8(16)6-1-2-7(15)14-5-6/h1-2,5H,3-4H2,(H,13,16)(H,14,15). The van der Waals surface area contributed by atoms with Crippen LogP contribution in [0.5, 0.6) is 0 Å². The average molecular weight is 234 g/mol. The second-order valence-corrected chi connectivity index (χ2v) is 3.06. The molecule has 0 bridgehead atoms.